The molecule has 7 heavy (non-hydrogen) atoms. The molecule has 5 nitrogen and oxygen atoms in total. The molecule has 0 aromatic heterocycles. The van der Waals surface area contributed by atoms with Gasteiger partial charge in [0.15, 0.2) is 10.5 Å². The van der Waals surface area contributed by atoms with Gasteiger partial charge >= 0.3 is 0 Å². The van der Waals surface area contributed by atoms with Crippen LogP contribution in [0.1, 0.15) is 0 Å². The molecule has 0 bridgehead atoms. The van der Waals surface area contributed by atoms with Crippen LogP contribution in [0, 0.1) is 4.91 Å². The quantitative estimate of drug-likeness (QED) is 0.291. The number of nitrogens with two attached hydrogens (primary N) is 1. The zero-order chi connectivity index (χ0) is 5.70. The van der Waals surface area contributed by atoms with E-state index in [1.54, 1.807) is 0 Å². The number of hydroxylamine groups is 1. The Morgan fingerprint density at radius 3 is 2.71 bits per heavy atom. The van der Waals surface area contributed by atoms with Gasteiger partial charge in [-0.2, -0.15) is 5.48 Å². The Morgan fingerprint density at radius 2 is 2.57 bits per heavy atom. The van der Waals surface area contributed by atoms with Gasteiger partial charge in [-0.25, -0.2) is 4.94 Å². The van der Waals surface area contributed by atoms with Crippen molar-refractivity contribution in [1.29, 1.82) is 0 Å². The lowest BCUT2D eigenvalue weighted by Gasteiger charge is -1.90. The van der Waals surface area contributed by atoms with E-state index >= 15 is 0 Å². The molecule has 0 atom stereocenters. The van der Waals surface area contributed by atoms with E-state index in [-0.39, 0.29) is 5.11 Å². The van der Waals surface area contributed by atoms with E-state index in [4.69, 9.17) is 10.6 Å². The SMILES string of the molecule is NC(=S)NON=O. The van der Waals surface area contributed by atoms with Gasteiger partial charge in [0.2, 0.25) is 0 Å². The van der Waals surface area contributed by atoms with Gasteiger partial charge in [0.25, 0.3) is 0 Å². The minimum absolute atomic E-state index is 0.125. The summed E-state index contributed by atoms with van der Waals surface area (Å²) in [6.07, 6.45) is 0. The van der Waals surface area contributed by atoms with E-state index in [1.807, 2.05) is 10.8 Å². The van der Waals surface area contributed by atoms with Crippen LogP contribution in [0.25, 0.3) is 0 Å². The summed E-state index contributed by atoms with van der Waals surface area (Å²) in [4.78, 5) is 12.7. The molecule has 0 heterocycles. The Kier molecular flexibility index (Phi) is 2.86. The second-order valence-electron chi connectivity index (χ2n) is 0.632. The highest BCUT2D eigenvalue weighted by Gasteiger charge is 1.79. The van der Waals surface area contributed by atoms with Gasteiger partial charge in [0.1, 0.15) is 0 Å². The summed E-state index contributed by atoms with van der Waals surface area (Å²) in [5, 5.41) is 1.82. The van der Waals surface area contributed by atoms with Crippen molar-refractivity contribution < 1.29 is 4.94 Å². The normalized spacial score (nSPS) is 6.86. The molecule has 0 aromatic rings. The van der Waals surface area contributed by atoms with Gasteiger partial charge in [-0.15, -0.1) is 4.91 Å². The third kappa shape index (κ3) is 5.09. The average molecular weight is 121 g/mol. The Labute approximate surface area is 44.7 Å². The molecule has 0 aliphatic carbocycles. The first-order valence-electron chi connectivity index (χ1n) is 1.31. The smallest absolute Gasteiger partial charge is 0.199 e. The largest absolute Gasteiger partial charge is 0.374 e. The number of nitrogens with zero attached hydrogens (tertiary/aromatic N) is 1. The van der Waals surface area contributed by atoms with Crippen molar-refractivity contribution in [1.82, 2.24) is 5.48 Å². The highest BCUT2D eigenvalue weighted by atomic mass is 32.1. The van der Waals surface area contributed by atoms with E-state index in [9.17, 15) is 0 Å². The molecule has 40 valence electrons. The topological polar surface area (TPSA) is 76.7 Å². The Bertz CT molecular complexity index is 83.0. The molecule has 6 heteroatoms. The van der Waals surface area contributed by atoms with Crippen LogP contribution in [0.3, 0.4) is 0 Å². The van der Waals surface area contributed by atoms with Gasteiger partial charge in [-0.05, 0) is 12.2 Å². The summed E-state index contributed by atoms with van der Waals surface area (Å²) in [6.45, 7) is 0. The van der Waals surface area contributed by atoms with Crippen LogP contribution in [0.4, 0.5) is 0 Å². The average Bonchev–Trinajstić information content (AvgIpc) is 1.61. The zero-order valence-corrected chi connectivity index (χ0v) is 4.07. The molecule has 3 N–H and O–H groups in total. The fourth-order valence-corrected chi connectivity index (χ4v) is 0.101. The van der Waals surface area contributed by atoms with Gasteiger partial charge in [-0.3, -0.25) is 0 Å². The summed E-state index contributed by atoms with van der Waals surface area (Å²) < 4.78 is 0. The van der Waals surface area contributed by atoms with E-state index in [1.165, 1.54) is 0 Å². The lowest BCUT2D eigenvalue weighted by molar-refractivity contribution is 0.0894. The maximum Gasteiger partial charge on any atom is 0.199 e. The van der Waals surface area contributed by atoms with E-state index in [2.05, 4.69) is 17.2 Å². The van der Waals surface area contributed by atoms with Crippen LogP contribution in [0.2, 0.25) is 0 Å². The van der Waals surface area contributed by atoms with Crippen molar-refractivity contribution in [2.24, 2.45) is 11.1 Å². The molecule has 0 spiro atoms. The number of nitrogens with one attached hydrogen (secondary N) is 1. The van der Waals surface area contributed by atoms with Crippen LogP contribution in [0.5, 0.6) is 0 Å². The van der Waals surface area contributed by atoms with Gasteiger partial charge in [0.05, 0.1) is 0 Å². The summed E-state index contributed by atoms with van der Waals surface area (Å²) in [7, 11) is 0. The highest BCUT2D eigenvalue weighted by molar-refractivity contribution is 7.80. The number of hydrogen-bond donors (Lipinski definition) is 2. The lowest BCUT2D eigenvalue weighted by atomic mass is 11.2. The second-order valence-corrected chi connectivity index (χ2v) is 1.07. The van der Waals surface area contributed by atoms with Crippen molar-refractivity contribution in [3.8, 4) is 0 Å². The molecule has 0 unspecified atom stereocenters. The summed E-state index contributed by atoms with van der Waals surface area (Å²) in [5.74, 6) is 0. The summed E-state index contributed by atoms with van der Waals surface area (Å²) in [6, 6.07) is 0. The molecule has 0 aliphatic rings. The first-order valence-corrected chi connectivity index (χ1v) is 1.72. The maximum atomic E-state index is 9.06. The molecule has 0 saturated carbocycles. The molecular formula is CH3N3O2S. The lowest BCUT2D eigenvalue weighted by Crippen LogP contribution is -2.27. The first kappa shape index (κ1) is 6.09. The van der Waals surface area contributed by atoms with Crippen LogP contribution in [-0.2, 0) is 4.94 Å². The molecule has 0 amide bonds. The zero-order valence-electron chi connectivity index (χ0n) is 3.25. The molecule has 0 radical (unpaired) electrons. The molecule has 0 fully saturated rings. The third-order valence-electron chi connectivity index (χ3n) is 0.184. The molecule has 0 rings (SSSR count). The standard InChI is InChI=1S/CH3N3O2S/c2-1(7)3-6-4-5/h(H3,2,3,7). The Morgan fingerprint density at radius 1 is 2.00 bits per heavy atom. The fourth-order valence-electron chi connectivity index (χ4n) is 0.0636. The Hall–Kier alpha value is -0.910. The fraction of sp³-hybridized carbons (Fsp3) is 0. The molecular weight excluding hydrogens is 118 g/mol. The van der Waals surface area contributed by atoms with Gasteiger partial charge < -0.3 is 5.73 Å². The first-order chi connectivity index (χ1) is 3.27. The van der Waals surface area contributed by atoms with E-state index in [0.29, 0.717) is 0 Å². The molecule has 0 aromatic carbocycles. The van der Waals surface area contributed by atoms with Crippen molar-refractivity contribution in [3.63, 3.8) is 0 Å². The highest BCUT2D eigenvalue weighted by Crippen LogP contribution is 1.61. The minimum atomic E-state index is -0.125. The van der Waals surface area contributed by atoms with Crippen molar-refractivity contribution in [2.45, 2.75) is 0 Å². The van der Waals surface area contributed by atoms with Gasteiger partial charge in [0, 0.05) is 0 Å². The number of hydrogen-bond acceptors (Lipinski definition) is 4. The van der Waals surface area contributed by atoms with Crippen molar-refractivity contribution >= 4 is 17.3 Å². The van der Waals surface area contributed by atoms with Crippen LogP contribution >= 0.6 is 12.2 Å². The number of thiocarbonyl (C=S) groups is 1. The summed E-state index contributed by atoms with van der Waals surface area (Å²) in [5.41, 5.74) is 6.60. The molecule has 0 aliphatic heterocycles. The third-order valence-corrected chi connectivity index (χ3v) is 0.267. The predicted molar refractivity (Wildman–Crippen MR) is 26.8 cm³/mol. The van der Waals surface area contributed by atoms with Crippen molar-refractivity contribution in [2.75, 3.05) is 0 Å². The predicted octanol–water partition coefficient (Wildman–Crippen LogP) is -0.567. The maximum absolute atomic E-state index is 9.06. The van der Waals surface area contributed by atoms with Crippen LogP contribution in [0.15, 0.2) is 5.34 Å². The molecule has 0 saturated heterocycles. The van der Waals surface area contributed by atoms with Crippen LogP contribution < -0.4 is 11.2 Å². The van der Waals surface area contributed by atoms with E-state index < -0.39 is 0 Å². The second kappa shape index (κ2) is 3.29. The van der Waals surface area contributed by atoms with Crippen molar-refractivity contribution in [3.05, 3.63) is 4.91 Å². The van der Waals surface area contributed by atoms with Gasteiger partial charge in [-0.1, -0.05) is 0 Å². The van der Waals surface area contributed by atoms with Crippen LogP contribution in [-0.4, -0.2) is 5.11 Å². The Balaban J connectivity index is 2.97. The minimum Gasteiger partial charge on any atom is -0.374 e. The monoisotopic (exact) mass is 121 g/mol. The number of rotatable bonds is 2. The van der Waals surface area contributed by atoms with E-state index in [0.717, 1.165) is 0 Å². The summed E-state index contributed by atoms with van der Waals surface area (Å²) >= 11 is 4.20.